The van der Waals surface area contributed by atoms with Crippen molar-refractivity contribution in [2.45, 2.75) is 6.54 Å². The van der Waals surface area contributed by atoms with Gasteiger partial charge in [0.25, 0.3) is 5.91 Å². The van der Waals surface area contributed by atoms with Crippen molar-refractivity contribution >= 4 is 34.6 Å². The van der Waals surface area contributed by atoms with Crippen LogP contribution in [0.5, 0.6) is 5.75 Å². The second-order valence-corrected chi connectivity index (χ2v) is 7.16. The molecule has 0 aliphatic carbocycles. The molecule has 150 valence electrons. The zero-order valence-electron chi connectivity index (χ0n) is 16.4. The van der Waals surface area contributed by atoms with Gasteiger partial charge in [0.05, 0.1) is 13.3 Å². The Morgan fingerprint density at radius 2 is 1.80 bits per heavy atom. The van der Waals surface area contributed by atoms with Crippen LogP contribution in [0.1, 0.15) is 21.5 Å². The molecule has 0 saturated heterocycles. The number of nitrogens with one attached hydrogen (secondary N) is 1. The third-order valence-electron chi connectivity index (χ3n) is 4.84. The van der Waals surface area contributed by atoms with Crippen LogP contribution < -0.4 is 10.2 Å². The number of methoxy groups -OCH3 is 1. The molecule has 6 heteroatoms. The van der Waals surface area contributed by atoms with Crippen LogP contribution in [0.15, 0.2) is 84.1 Å². The maximum absolute atomic E-state index is 12.3. The number of para-hydroxylation sites is 1. The number of amides is 1. The van der Waals surface area contributed by atoms with Crippen LogP contribution in [0.4, 0.5) is 0 Å². The molecule has 0 spiro atoms. The third-order valence-corrected chi connectivity index (χ3v) is 5.21. The molecule has 0 bridgehead atoms. The van der Waals surface area contributed by atoms with E-state index in [9.17, 15) is 4.79 Å². The lowest BCUT2D eigenvalue weighted by atomic mass is 10.2. The molecule has 1 aromatic heterocycles. The van der Waals surface area contributed by atoms with Gasteiger partial charge in [0.15, 0.2) is 0 Å². The largest absolute Gasteiger partial charge is 0.497 e. The number of rotatable bonds is 6. The molecule has 0 radical (unpaired) electrons. The highest BCUT2D eigenvalue weighted by molar-refractivity contribution is 6.31. The van der Waals surface area contributed by atoms with E-state index in [4.69, 9.17) is 16.3 Å². The summed E-state index contributed by atoms with van der Waals surface area (Å²) in [5.74, 6) is 0.412. The summed E-state index contributed by atoms with van der Waals surface area (Å²) >= 11 is 6.33. The summed E-state index contributed by atoms with van der Waals surface area (Å²) in [4.78, 5) is 12.3. The fourth-order valence-corrected chi connectivity index (χ4v) is 3.48. The molecule has 0 fully saturated rings. The number of aromatic nitrogens is 1. The first-order valence-corrected chi connectivity index (χ1v) is 9.82. The lowest BCUT2D eigenvalue weighted by molar-refractivity contribution is 0.0955. The molecule has 0 aliphatic rings. The van der Waals surface area contributed by atoms with Crippen molar-refractivity contribution in [3.8, 4) is 5.75 Å². The van der Waals surface area contributed by atoms with Crippen LogP contribution in [0.3, 0.4) is 0 Å². The molecular formula is C24H20ClN3O2. The van der Waals surface area contributed by atoms with E-state index < -0.39 is 0 Å². The molecule has 0 atom stereocenters. The van der Waals surface area contributed by atoms with E-state index in [0.29, 0.717) is 17.9 Å². The Hall–Kier alpha value is -3.57. The zero-order chi connectivity index (χ0) is 20.9. The number of fused-ring (bicyclic) bond motifs is 1. The summed E-state index contributed by atoms with van der Waals surface area (Å²) in [6.07, 6.45) is 3.67. The number of halogens is 1. The van der Waals surface area contributed by atoms with Crippen molar-refractivity contribution < 1.29 is 9.53 Å². The monoisotopic (exact) mass is 417 g/mol. The van der Waals surface area contributed by atoms with Crippen LogP contribution in [0, 0.1) is 0 Å². The normalized spacial score (nSPS) is 11.1. The third kappa shape index (κ3) is 4.21. The van der Waals surface area contributed by atoms with Crippen LogP contribution in [-0.4, -0.2) is 23.8 Å². The van der Waals surface area contributed by atoms with E-state index in [1.54, 1.807) is 37.6 Å². The Morgan fingerprint density at radius 1 is 1.07 bits per heavy atom. The summed E-state index contributed by atoms with van der Waals surface area (Å²) < 4.78 is 7.24. The highest BCUT2D eigenvalue weighted by atomic mass is 35.5. The van der Waals surface area contributed by atoms with Crippen molar-refractivity contribution in [3.63, 3.8) is 0 Å². The Labute approximate surface area is 179 Å². The van der Waals surface area contributed by atoms with E-state index in [0.717, 1.165) is 27.1 Å². The van der Waals surface area contributed by atoms with Gasteiger partial charge in [0.2, 0.25) is 0 Å². The molecular weight excluding hydrogens is 398 g/mol. The van der Waals surface area contributed by atoms with Gasteiger partial charge in [-0.15, -0.1) is 0 Å². The van der Waals surface area contributed by atoms with Crippen molar-refractivity contribution in [3.05, 3.63) is 101 Å². The molecule has 0 saturated carbocycles. The molecule has 1 N–H and O–H groups in total. The SMILES string of the molecule is COc1ccc(C(=O)N/N=C\c2cn(Cc3ccccc3Cl)c3ccccc23)cc1. The smallest absolute Gasteiger partial charge is 0.271 e. The predicted molar refractivity (Wildman–Crippen MR) is 121 cm³/mol. The first kappa shape index (κ1) is 19.7. The van der Waals surface area contributed by atoms with Crippen molar-refractivity contribution in [2.24, 2.45) is 5.10 Å². The second-order valence-electron chi connectivity index (χ2n) is 6.75. The van der Waals surface area contributed by atoms with Gasteiger partial charge in [-0.3, -0.25) is 4.79 Å². The first-order valence-electron chi connectivity index (χ1n) is 9.44. The fraction of sp³-hybridized carbons (Fsp3) is 0.0833. The van der Waals surface area contributed by atoms with Gasteiger partial charge in [-0.05, 0) is 42.0 Å². The summed E-state index contributed by atoms with van der Waals surface area (Å²) in [6, 6.07) is 22.7. The summed E-state index contributed by atoms with van der Waals surface area (Å²) in [5, 5.41) is 5.94. The predicted octanol–water partition coefficient (Wildman–Crippen LogP) is 5.12. The summed E-state index contributed by atoms with van der Waals surface area (Å²) in [5.41, 5.74) is 6.10. The van der Waals surface area contributed by atoms with Gasteiger partial charge in [-0.25, -0.2) is 5.43 Å². The van der Waals surface area contributed by atoms with Gasteiger partial charge in [-0.2, -0.15) is 5.10 Å². The van der Waals surface area contributed by atoms with Gasteiger partial charge in [0, 0.05) is 39.8 Å². The lowest BCUT2D eigenvalue weighted by Crippen LogP contribution is -2.17. The maximum Gasteiger partial charge on any atom is 0.271 e. The fourth-order valence-electron chi connectivity index (χ4n) is 3.29. The number of hydrazone groups is 1. The molecule has 1 amide bonds. The molecule has 3 aromatic carbocycles. The summed E-state index contributed by atoms with van der Waals surface area (Å²) in [6.45, 7) is 0.645. The van der Waals surface area contributed by atoms with Gasteiger partial charge >= 0.3 is 0 Å². The topological polar surface area (TPSA) is 55.6 Å². The van der Waals surface area contributed by atoms with Crippen molar-refractivity contribution in [1.29, 1.82) is 0 Å². The van der Waals surface area contributed by atoms with Gasteiger partial charge in [0.1, 0.15) is 5.75 Å². The van der Waals surface area contributed by atoms with Crippen LogP contribution in [0.2, 0.25) is 5.02 Å². The average Bonchev–Trinajstić information content (AvgIpc) is 3.13. The highest BCUT2D eigenvalue weighted by Crippen LogP contribution is 2.23. The zero-order valence-corrected chi connectivity index (χ0v) is 17.1. The number of benzene rings is 3. The number of hydrogen-bond acceptors (Lipinski definition) is 3. The number of hydrogen-bond donors (Lipinski definition) is 1. The molecule has 4 aromatic rings. The Morgan fingerprint density at radius 3 is 2.57 bits per heavy atom. The Kier molecular flexibility index (Phi) is 5.82. The standard InChI is InChI=1S/C24H20ClN3O2/c1-30-20-12-10-17(11-13-20)24(29)27-26-14-19-16-28(23-9-5-3-7-21(19)23)15-18-6-2-4-8-22(18)25/h2-14,16H,15H2,1H3,(H,27,29)/b26-14-. The minimum absolute atomic E-state index is 0.284. The van der Waals surface area contributed by atoms with E-state index in [2.05, 4.69) is 21.2 Å². The quantitative estimate of drug-likeness (QED) is 0.350. The number of ether oxygens (including phenoxy) is 1. The maximum atomic E-state index is 12.3. The van der Waals surface area contributed by atoms with Crippen LogP contribution >= 0.6 is 11.6 Å². The Bertz CT molecular complexity index is 1210. The van der Waals surface area contributed by atoms with E-state index in [1.165, 1.54) is 0 Å². The van der Waals surface area contributed by atoms with E-state index in [-0.39, 0.29) is 5.91 Å². The number of carbonyl (C=O) groups excluding carboxylic acids is 1. The molecule has 1 heterocycles. The van der Waals surface area contributed by atoms with Crippen molar-refractivity contribution in [1.82, 2.24) is 9.99 Å². The van der Waals surface area contributed by atoms with Gasteiger partial charge < -0.3 is 9.30 Å². The molecule has 0 aliphatic heterocycles. The second kappa shape index (κ2) is 8.84. The molecule has 5 nitrogen and oxygen atoms in total. The minimum Gasteiger partial charge on any atom is -0.497 e. The Balaban J connectivity index is 1.55. The van der Waals surface area contributed by atoms with Crippen LogP contribution in [-0.2, 0) is 6.54 Å². The average molecular weight is 418 g/mol. The first-order chi connectivity index (χ1) is 14.7. The summed E-state index contributed by atoms with van der Waals surface area (Å²) in [7, 11) is 1.58. The highest BCUT2D eigenvalue weighted by Gasteiger charge is 2.09. The van der Waals surface area contributed by atoms with E-state index >= 15 is 0 Å². The number of nitrogens with zero attached hydrogens (tertiary/aromatic N) is 2. The minimum atomic E-state index is -0.284. The molecule has 0 unspecified atom stereocenters. The molecule has 30 heavy (non-hydrogen) atoms. The van der Waals surface area contributed by atoms with Crippen molar-refractivity contribution in [2.75, 3.05) is 7.11 Å². The van der Waals surface area contributed by atoms with Gasteiger partial charge in [-0.1, -0.05) is 48.0 Å². The lowest BCUT2D eigenvalue weighted by Gasteiger charge is -2.07. The molecule has 4 rings (SSSR count). The van der Waals surface area contributed by atoms with E-state index in [1.807, 2.05) is 48.7 Å². The number of carbonyl (C=O) groups is 1. The van der Waals surface area contributed by atoms with Crippen LogP contribution in [0.25, 0.3) is 10.9 Å².